The Balaban J connectivity index is 1.36. The molecule has 0 saturated carbocycles. The molecule has 0 bridgehead atoms. The van der Waals surface area contributed by atoms with Crippen molar-refractivity contribution in [2.45, 2.75) is 31.5 Å². The van der Waals surface area contributed by atoms with Gasteiger partial charge in [0.25, 0.3) is 12.1 Å². The maximum Gasteiger partial charge on any atom is 0.284 e. The second-order valence-corrected chi connectivity index (χ2v) is 6.92. The molecule has 2 aromatic rings. The highest BCUT2D eigenvalue weighted by molar-refractivity contribution is 6.00. The molecule has 2 aromatic carbocycles. The number of ether oxygens (including phenoxy) is 1. The zero-order valence-electron chi connectivity index (χ0n) is 15.6. The number of nitrogens with one attached hydrogen (secondary N) is 2. The van der Waals surface area contributed by atoms with Gasteiger partial charge in [-0.3, -0.25) is 15.0 Å². The number of likely N-dealkylation sites (N-methyl/N-ethyl adjacent to an activating group) is 1. The maximum atomic E-state index is 12.8. The summed E-state index contributed by atoms with van der Waals surface area (Å²) in [6, 6.07) is 16.9. The van der Waals surface area contributed by atoms with Crippen molar-refractivity contribution in [3.05, 3.63) is 65.7 Å². The molecular weight excluding hydrogens is 356 g/mol. The van der Waals surface area contributed by atoms with Crippen molar-refractivity contribution in [2.75, 3.05) is 11.9 Å². The van der Waals surface area contributed by atoms with Gasteiger partial charge in [-0.05, 0) is 30.0 Å². The van der Waals surface area contributed by atoms with E-state index in [0.717, 1.165) is 16.8 Å². The molecule has 0 aromatic heterocycles. The molecule has 2 aliphatic rings. The molecule has 7 heteroatoms. The Morgan fingerprint density at radius 1 is 1.21 bits per heavy atom. The minimum absolute atomic E-state index is 0.137. The molecule has 144 valence electrons. The fourth-order valence-corrected chi connectivity index (χ4v) is 3.49. The maximum absolute atomic E-state index is 12.8. The van der Waals surface area contributed by atoms with Crippen molar-refractivity contribution in [2.24, 2.45) is 5.10 Å². The van der Waals surface area contributed by atoms with Gasteiger partial charge in [0.15, 0.2) is 0 Å². The molecule has 0 radical (unpaired) electrons. The topological polar surface area (TPSA) is 83.0 Å². The average molecular weight is 378 g/mol. The van der Waals surface area contributed by atoms with Crippen molar-refractivity contribution in [3.63, 3.8) is 0 Å². The Kier molecular flexibility index (Phi) is 4.97. The van der Waals surface area contributed by atoms with Crippen LogP contribution in [0.3, 0.4) is 0 Å². The van der Waals surface area contributed by atoms with E-state index in [2.05, 4.69) is 15.8 Å². The number of para-hydroxylation sites is 1. The number of benzene rings is 2. The number of aryl methyl sites for hydroxylation is 1. The van der Waals surface area contributed by atoms with E-state index in [9.17, 15) is 9.59 Å². The number of hydrogen-bond donors (Lipinski definition) is 2. The van der Waals surface area contributed by atoms with Crippen LogP contribution in [0.25, 0.3) is 0 Å². The lowest BCUT2D eigenvalue weighted by Gasteiger charge is -2.23. The molecule has 0 fully saturated rings. The summed E-state index contributed by atoms with van der Waals surface area (Å²) in [6.07, 6.45) is 0.822. The molecule has 2 unspecified atom stereocenters. The highest BCUT2D eigenvalue weighted by atomic mass is 16.5. The van der Waals surface area contributed by atoms with Gasteiger partial charge in [0.2, 0.25) is 11.8 Å². The molecule has 2 aliphatic heterocycles. The van der Waals surface area contributed by atoms with Crippen LogP contribution in [0.5, 0.6) is 0 Å². The van der Waals surface area contributed by atoms with E-state index >= 15 is 0 Å². The van der Waals surface area contributed by atoms with Crippen molar-refractivity contribution in [3.8, 4) is 0 Å². The third kappa shape index (κ3) is 3.69. The number of carbonyl (C=O) groups excluding carboxylic acids is 2. The predicted molar refractivity (Wildman–Crippen MR) is 106 cm³/mol. The molecule has 2 atom stereocenters. The number of rotatable bonds is 4. The lowest BCUT2D eigenvalue weighted by Crippen LogP contribution is -2.51. The summed E-state index contributed by atoms with van der Waals surface area (Å²) in [5, 5.41) is 6.91. The number of anilines is 1. The first-order valence-electron chi connectivity index (χ1n) is 9.30. The van der Waals surface area contributed by atoms with Gasteiger partial charge in [0.1, 0.15) is 6.04 Å². The van der Waals surface area contributed by atoms with E-state index in [1.807, 2.05) is 54.6 Å². The summed E-state index contributed by atoms with van der Waals surface area (Å²) in [6.45, 7) is 0. The van der Waals surface area contributed by atoms with Crippen LogP contribution in [0.1, 0.15) is 17.5 Å². The highest BCUT2D eigenvalue weighted by Crippen LogP contribution is 2.25. The van der Waals surface area contributed by atoms with Crippen LogP contribution in [0, 0.1) is 0 Å². The fourth-order valence-electron chi connectivity index (χ4n) is 3.49. The van der Waals surface area contributed by atoms with E-state index in [1.165, 1.54) is 0 Å². The third-order valence-electron chi connectivity index (χ3n) is 5.00. The first-order valence-corrected chi connectivity index (χ1v) is 9.30. The molecule has 0 spiro atoms. The number of amides is 2. The molecular formula is C21H22N4O3. The van der Waals surface area contributed by atoms with Gasteiger partial charge in [-0.15, -0.1) is 5.10 Å². The first kappa shape index (κ1) is 18.0. The fraction of sp³-hybridized carbons (Fsp3) is 0.286. The average Bonchev–Trinajstić information content (AvgIpc) is 3.15. The molecule has 2 N–H and O–H groups in total. The Morgan fingerprint density at radius 2 is 1.96 bits per heavy atom. The van der Waals surface area contributed by atoms with E-state index < -0.39 is 18.2 Å². The lowest BCUT2D eigenvalue weighted by atomic mass is 10.1. The monoisotopic (exact) mass is 378 g/mol. The summed E-state index contributed by atoms with van der Waals surface area (Å²) < 4.78 is 5.63. The quantitative estimate of drug-likeness (QED) is 0.846. The van der Waals surface area contributed by atoms with Crippen LogP contribution in [0.15, 0.2) is 59.7 Å². The van der Waals surface area contributed by atoms with Gasteiger partial charge in [0.05, 0.1) is 6.42 Å². The molecule has 0 aliphatic carbocycles. The van der Waals surface area contributed by atoms with Gasteiger partial charge in [-0.1, -0.05) is 48.5 Å². The molecule has 2 amide bonds. The Labute approximate surface area is 163 Å². The van der Waals surface area contributed by atoms with Crippen molar-refractivity contribution in [1.29, 1.82) is 0 Å². The highest BCUT2D eigenvalue weighted by Gasteiger charge is 2.33. The molecule has 7 nitrogen and oxygen atoms in total. The molecule has 2 heterocycles. The van der Waals surface area contributed by atoms with Crippen LogP contribution in [0.2, 0.25) is 0 Å². The van der Waals surface area contributed by atoms with Crippen molar-refractivity contribution >= 4 is 23.4 Å². The summed E-state index contributed by atoms with van der Waals surface area (Å²) in [4.78, 5) is 27.0. The molecule has 28 heavy (non-hydrogen) atoms. The van der Waals surface area contributed by atoms with Crippen LogP contribution in [0.4, 0.5) is 5.69 Å². The number of hydrazone groups is 1. The standard InChI is InChI=1S/C21H22N4O3/c1-25-17-10-6-5-9-15(17)11-12-16(21(25)27)22-19(26)20-24-23-18(28-20)13-14-7-3-2-4-8-14/h2-10,16,20,24H,11-13H2,1H3,(H,22,26). The Morgan fingerprint density at radius 3 is 2.79 bits per heavy atom. The summed E-state index contributed by atoms with van der Waals surface area (Å²) in [5.41, 5.74) is 5.73. The van der Waals surface area contributed by atoms with Gasteiger partial charge in [-0.2, -0.15) is 0 Å². The van der Waals surface area contributed by atoms with E-state index in [1.54, 1.807) is 11.9 Å². The van der Waals surface area contributed by atoms with E-state index in [-0.39, 0.29) is 5.91 Å². The summed E-state index contributed by atoms with van der Waals surface area (Å²) in [5.74, 6) is -0.0886. The van der Waals surface area contributed by atoms with Crippen LogP contribution in [-0.4, -0.2) is 37.0 Å². The second-order valence-electron chi connectivity index (χ2n) is 6.92. The summed E-state index contributed by atoms with van der Waals surface area (Å²) >= 11 is 0. The first-order chi connectivity index (χ1) is 13.6. The number of hydrogen-bond acceptors (Lipinski definition) is 5. The van der Waals surface area contributed by atoms with E-state index in [4.69, 9.17) is 4.74 Å². The largest absolute Gasteiger partial charge is 0.445 e. The zero-order chi connectivity index (χ0) is 19.5. The minimum atomic E-state index is -0.928. The minimum Gasteiger partial charge on any atom is -0.445 e. The molecule has 4 rings (SSSR count). The normalized spacial score (nSPS) is 21.1. The van der Waals surface area contributed by atoms with Crippen molar-refractivity contribution < 1.29 is 14.3 Å². The SMILES string of the molecule is CN1C(=O)C(NC(=O)C2NN=C(Cc3ccccc3)O2)CCc2ccccc21. The van der Waals surface area contributed by atoms with Gasteiger partial charge < -0.3 is 15.0 Å². The van der Waals surface area contributed by atoms with Crippen molar-refractivity contribution in [1.82, 2.24) is 10.7 Å². The zero-order valence-corrected chi connectivity index (χ0v) is 15.6. The van der Waals surface area contributed by atoms with Crippen LogP contribution < -0.4 is 15.6 Å². The van der Waals surface area contributed by atoms with Crippen LogP contribution in [-0.2, 0) is 27.2 Å². The van der Waals surface area contributed by atoms with E-state index in [0.29, 0.717) is 25.2 Å². The number of nitrogens with zero attached hydrogens (tertiary/aromatic N) is 2. The Hall–Kier alpha value is -3.35. The van der Waals surface area contributed by atoms with Crippen LogP contribution >= 0.6 is 0 Å². The number of fused-ring (bicyclic) bond motifs is 1. The second kappa shape index (κ2) is 7.72. The van der Waals surface area contributed by atoms with Gasteiger partial charge in [0, 0.05) is 12.7 Å². The lowest BCUT2D eigenvalue weighted by molar-refractivity contribution is -0.133. The number of carbonyl (C=O) groups is 2. The Bertz CT molecular complexity index is 913. The molecule has 0 saturated heterocycles. The van der Waals surface area contributed by atoms with Gasteiger partial charge >= 0.3 is 0 Å². The third-order valence-corrected chi connectivity index (χ3v) is 5.00. The smallest absolute Gasteiger partial charge is 0.284 e. The summed E-state index contributed by atoms with van der Waals surface area (Å²) in [7, 11) is 1.73. The van der Waals surface area contributed by atoms with Gasteiger partial charge in [-0.25, -0.2) is 0 Å². The predicted octanol–water partition coefficient (Wildman–Crippen LogP) is 1.58.